The number of hydrogen-bond acceptors (Lipinski definition) is 5. The van der Waals surface area contributed by atoms with Crippen molar-refractivity contribution in [3.63, 3.8) is 0 Å². The first-order valence-corrected chi connectivity index (χ1v) is 8.03. The van der Waals surface area contributed by atoms with Crippen LogP contribution in [0, 0.1) is 0 Å². The number of para-hydroxylation sites is 1. The van der Waals surface area contributed by atoms with Gasteiger partial charge in [0.15, 0.2) is 11.5 Å². The van der Waals surface area contributed by atoms with Gasteiger partial charge in [-0.15, -0.1) is 0 Å². The van der Waals surface area contributed by atoms with Crippen LogP contribution in [0.1, 0.15) is 21.7 Å². The first-order valence-electron chi connectivity index (χ1n) is 8.03. The second kappa shape index (κ2) is 7.31. The van der Waals surface area contributed by atoms with E-state index < -0.39 is 5.97 Å². The molecule has 0 amide bonds. The third-order valence-electron chi connectivity index (χ3n) is 4.18. The van der Waals surface area contributed by atoms with Crippen LogP contribution in [0.2, 0.25) is 0 Å². The molecule has 0 saturated heterocycles. The molecule has 0 N–H and O–H groups in total. The average molecular weight is 352 g/mol. The van der Waals surface area contributed by atoms with Crippen molar-refractivity contribution in [1.82, 2.24) is 9.55 Å². The zero-order chi connectivity index (χ0) is 18.7. The summed E-state index contributed by atoms with van der Waals surface area (Å²) in [5, 5.41) is 0. The van der Waals surface area contributed by atoms with Crippen LogP contribution >= 0.6 is 0 Å². The summed E-state index contributed by atoms with van der Waals surface area (Å²) < 4.78 is 17.3. The molecule has 0 unspecified atom stereocenters. The molecule has 0 bridgehead atoms. The summed E-state index contributed by atoms with van der Waals surface area (Å²) in [6, 6.07) is 11.1. The highest BCUT2D eigenvalue weighted by molar-refractivity contribution is 6.02. The number of aromatic nitrogens is 2. The summed E-state index contributed by atoms with van der Waals surface area (Å²) in [7, 11) is 6.48. The van der Waals surface area contributed by atoms with Crippen molar-refractivity contribution in [2.75, 3.05) is 21.3 Å². The van der Waals surface area contributed by atoms with E-state index in [4.69, 9.17) is 14.2 Å². The van der Waals surface area contributed by atoms with Gasteiger partial charge >= 0.3 is 5.97 Å². The first kappa shape index (κ1) is 17.5. The van der Waals surface area contributed by atoms with E-state index in [0.717, 1.165) is 16.9 Å². The number of benzene rings is 2. The van der Waals surface area contributed by atoms with E-state index in [1.165, 1.54) is 7.11 Å². The van der Waals surface area contributed by atoms with Gasteiger partial charge in [-0.3, -0.25) is 0 Å². The molecule has 0 radical (unpaired) electrons. The number of esters is 1. The number of rotatable bonds is 5. The van der Waals surface area contributed by atoms with Crippen LogP contribution in [-0.4, -0.2) is 36.8 Å². The number of methoxy groups -OCH3 is 3. The molecular formula is C20H20N2O4. The highest BCUT2D eigenvalue weighted by atomic mass is 16.5. The first-order chi connectivity index (χ1) is 12.6. The topological polar surface area (TPSA) is 62.6 Å². The molecule has 3 aromatic rings. The Morgan fingerprint density at radius 2 is 1.81 bits per heavy atom. The lowest BCUT2D eigenvalue weighted by Crippen LogP contribution is -2.01. The molecule has 0 aliphatic rings. The van der Waals surface area contributed by atoms with Crippen molar-refractivity contribution in [2.24, 2.45) is 7.05 Å². The molecule has 6 nitrogen and oxygen atoms in total. The maximum atomic E-state index is 11.9. The highest BCUT2D eigenvalue weighted by Crippen LogP contribution is 2.28. The molecule has 1 heterocycles. The Morgan fingerprint density at radius 3 is 2.50 bits per heavy atom. The normalized spacial score (nSPS) is 11.1. The van der Waals surface area contributed by atoms with E-state index in [9.17, 15) is 4.79 Å². The zero-order valence-electron chi connectivity index (χ0n) is 15.1. The number of nitrogens with zero attached hydrogens (tertiary/aromatic N) is 2. The van der Waals surface area contributed by atoms with Gasteiger partial charge in [-0.05, 0) is 35.9 Å². The van der Waals surface area contributed by atoms with Crippen molar-refractivity contribution < 1.29 is 19.0 Å². The fraction of sp³-hybridized carbons (Fsp3) is 0.200. The number of carbonyl (C=O) groups is 1. The van der Waals surface area contributed by atoms with Gasteiger partial charge in [-0.1, -0.05) is 18.2 Å². The van der Waals surface area contributed by atoms with E-state index in [0.29, 0.717) is 22.6 Å². The van der Waals surface area contributed by atoms with Crippen molar-refractivity contribution in [3.05, 3.63) is 53.3 Å². The molecule has 3 rings (SSSR count). The van der Waals surface area contributed by atoms with Gasteiger partial charge in [0.25, 0.3) is 0 Å². The fourth-order valence-electron chi connectivity index (χ4n) is 2.78. The second-order valence-electron chi connectivity index (χ2n) is 5.64. The maximum Gasteiger partial charge on any atom is 0.340 e. The third-order valence-corrected chi connectivity index (χ3v) is 4.18. The summed E-state index contributed by atoms with van der Waals surface area (Å²) in [4.78, 5) is 16.5. The zero-order valence-corrected chi connectivity index (χ0v) is 15.1. The Labute approximate surface area is 151 Å². The molecule has 134 valence electrons. The molecule has 6 heteroatoms. The van der Waals surface area contributed by atoms with Gasteiger partial charge in [0.05, 0.1) is 32.4 Å². The van der Waals surface area contributed by atoms with Crippen LogP contribution in [0.15, 0.2) is 36.4 Å². The maximum absolute atomic E-state index is 11.9. The van der Waals surface area contributed by atoms with Crippen LogP contribution in [0.4, 0.5) is 0 Å². The summed E-state index contributed by atoms with van der Waals surface area (Å²) >= 11 is 0. The van der Waals surface area contributed by atoms with Gasteiger partial charge in [0, 0.05) is 7.05 Å². The summed E-state index contributed by atoms with van der Waals surface area (Å²) in [6.07, 6.45) is 3.82. The van der Waals surface area contributed by atoms with Crippen LogP contribution in [0.25, 0.3) is 23.2 Å². The minimum Gasteiger partial charge on any atom is -0.493 e. The molecule has 26 heavy (non-hydrogen) atoms. The average Bonchev–Trinajstić information content (AvgIpc) is 3.01. The van der Waals surface area contributed by atoms with Crippen LogP contribution in [0.3, 0.4) is 0 Å². The van der Waals surface area contributed by atoms with E-state index >= 15 is 0 Å². The van der Waals surface area contributed by atoms with E-state index in [2.05, 4.69) is 4.98 Å². The summed E-state index contributed by atoms with van der Waals surface area (Å²) in [5.41, 5.74) is 2.88. The van der Waals surface area contributed by atoms with Crippen molar-refractivity contribution in [3.8, 4) is 11.5 Å². The van der Waals surface area contributed by atoms with Gasteiger partial charge in [0.1, 0.15) is 11.3 Å². The van der Waals surface area contributed by atoms with Gasteiger partial charge in [0.2, 0.25) is 0 Å². The second-order valence-corrected chi connectivity index (χ2v) is 5.64. The molecule has 2 aromatic carbocycles. The highest BCUT2D eigenvalue weighted by Gasteiger charge is 2.15. The Balaban J connectivity index is 2.00. The van der Waals surface area contributed by atoms with Crippen molar-refractivity contribution >= 4 is 29.2 Å². The predicted octanol–water partition coefficient (Wildman–Crippen LogP) is 3.55. The van der Waals surface area contributed by atoms with Gasteiger partial charge in [-0.25, -0.2) is 9.78 Å². The van der Waals surface area contributed by atoms with Crippen LogP contribution in [0.5, 0.6) is 11.5 Å². The van der Waals surface area contributed by atoms with Crippen molar-refractivity contribution in [2.45, 2.75) is 0 Å². The van der Waals surface area contributed by atoms with Gasteiger partial charge in [-0.2, -0.15) is 0 Å². The molecular weight excluding hydrogens is 332 g/mol. The fourth-order valence-corrected chi connectivity index (χ4v) is 2.78. The molecule has 0 saturated carbocycles. The number of hydrogen-bond donors (Lipinski definition) is 0. The molecule has 0 aliphatic carbocycles. The Bertz CT molecular complexity index is 989. The Kier molecular flexibility index (Phi) is 4.93. The number of fused-ring (bicyclic) bond motifs is 1. The van der Waals surface area contributed by atoms with Crippen LogP contribution in [-0.2, 0) is 11.8 Å². The minimum atomic E-state index is -0.399. The lowest BCUT2D eigenvalue weighted by molar-refractivity contribution is 0.0603. The molecule has 0 spiro atoms. The standard InChI is InChI=1S/C20H20N2O4/c1-22-15-7-5-6-14(20(23)26-4)19(15)21-18(22)11-9-13-8-10-16(24-2)17(12-13)25-3/h5-12H,1-4H3. The lowest BCUT2D eigenvalue weighted by Gasteiger charge is -2.07. The number of aryl methyl sites for hydroxylation is 1. The smallest absolute Gasteiger partial charge is 0.340 e. The SMILES string of the molecule is COC(=O)c1cccc2c1nc(C=Cc1ccc(OC)c(OC)c1)n2C. The summed E-state index contributed by atoms with van der Waals surface area (Å²) in [5.74, 6) is 1.66. The van der Waals surface area contributed by atoms with Crippen LogP contribution < -0.4 is 9.47 Å². The minimum absolute atomic E-state index is 0.399. The van der Waals surface area contributed by atoms with Gasteiger partial charge < -0.3 is 18.8 Å². The third kappa shape index (κ3) is 3.13. The molecule has 0 fully saturated rings. The number of imidazole rings is 1. The molecule has 1 aromatic heterocycles. The molecule has 0 atom stereocenters. The predicted molar refractivity (Wildman–Crippen MR) is 101 cm³/mol. The Hall–Kier alpha value is -3.28. The lowest BCUT2D eigenvalue weighted by atomic mass is 10.2. The number of carbonyl (C=O) groups excluding carboxylic acids is 1. The Morgan fingerprint density at radius 1 is 1.04 bits per heavy atom. The number of ether oxygens (including phenoxy) is 3. The van der Waals surface area contributed by atoms with E-state index in [1.807, 2.05) is 54.1 Å². The summed E-state index contributed by atoms with van der Waals surface area (Å²) in [6.45, 7) is 0. The largest absolute Gasteiger partial charge is 0.493 e. The quantitative estimate of drug-likeness (QED) is 0.657. The monoisotopic (exact) mass is 352 g/mol. The molecule has 0 aliphatic heterocycles. The van der Waals surface area contributed by atoms with E-state index in [1.54, 1.807) is 20.3 Å². The van der Waals surface area contributed by atoms with Crippen molar-refractivity contribution in [1.29, 1.82) is 0 Å². The van der Waals surface area contributed by atoms with E-state index in [-0.39, 0.29) is 0 Å².